The van der Waals surface area contributed by atoms with Crippen molar-refractivity contribution in [1.82, 2.24) is 24.6 Å². The number of rotatable bonds is 11. The molecule has 1 saturated heterocycles. The number of anilines is 3. The standard InChI is InChI=1S/C35H36N8O3/c1-3-29-28(21-36)35(39-25-10-11-32-24(18-25)22-38-43(32)23-26-8-5-6-12-37-26)27-19-31(33(46-4-2)20-30(27)40-29)41-34(44)9-7-13-42-14-16-45-17-15-42/h5-12,18-20,22H,3-4,13-17,23H2,1-2H3,(H,39,40)(H,41,44)/b9-7+. The summed E-state index contributed by atoms with van der Waals surface area (Å²) in [5.74, 6) is 0.242. The number of nitriles is 1. The highest BCUT2D eigenvalue weighted by Crippen LogP contribution is 2.38. The lowest BCUT2D eigenvalue weighted by Crippen LogP contribution is -2.36. The Labute approximate surface area is 267 Å². The highest BCUT2D eigenvalue weighted by molar-refractivity contribution is 6.05. The summed E-state index contributed by atoms with van der Waals surface area (Å²) in [5, 5.41) is 23.0. The first-order valence-electron chi connectivity index (χ1n) is 15.5. The quantitative estimate of drug-likeness (QED) is 0.187. The Morgan fingerprint density at radius 1 is 1.15 bits per heavy atom. The van der Waals surface area contributed by atoms with Crippen molar-refractivity contribution in [3.8, 4) is 11.8 Å². The van der Waals surface area contributed by atoms with E-state index in [0.717, 1.165) is 35.4 Å². The van der Waals surface area contributed by atoms with Crippen LogP contribution in [-0.4, -0.2) is 70.0 Å². The summed E-state index contributed by atoms with van der Waals surface area (Å²) < 4.78 is 13.2. The van der Waals surface area contributed by atoms with Crippen LogP contribution >= 0.6 is 0 Å². The topological polar surface area (TPSA) is 130 Å². The molecule has 3 aromatic heterocycles. The average Bonchev–Trinajstić information content (AvgIpc) is 3.47. The number of carbonyl (C=O) groups is 1. The number of pyridine rings is 2. The normalized spacial score (nSPS) is 13.7. The lowest BCUT2D eigenvalue weighted by Gasteiger charge is -2.25. The molecule has 2 aromatic carbocycles. The Morgan fingerprint density at radius 2 is 2.02 bits per heavy atom. The van der Waals surface area contributed by atoms with Crippen molar-refractivity contribution >= 4 is 44.8 Å². The van der Waals surface area contributed by atoms with E-state index in [-0.39, 0.29) is 5.91 Å². The number of ether oxygens (including phenoxy) is 2. The Bertz CT molecular complexity index is 1920. The van der Waals surface area contributed by atoms with Crippen LogP contribution in [0.25, 0.3) is 21.8 Å². The first-order valence-corrected chi connectivity index (χ1v) is 15.5. The minimum atomic E-state index is -0.269. The van der Waals surface area contributed by atoms with Gasteiger partial charge >= 0.3 is 0 Å². The Morgan fingerprint density at radius 3 is 2.78 bits per heavy atom. The molecule has 0 saturated carbocycles. The molecule has 6 rings (SSSR count). The van der Waals surface area contributed by atoms with Gasteiger partial charge in [0.15, 0.2) is 0 Å². The van der Waals surface area contributed by atoms with Gasteiger partial charge in [0, 0.05) is 54.4 Å². The Hall–Kier alpha value is -5.31. The van der Waals surface area contributed by atoms with E-state index in [9.17, 15) is 10.1 Å². The van der Waals surface area contributed by atoms with Gasteiger partial charge in [-0.15, -0.1) is 0 Å². The molecule has 2 N–H and O–H groups in total. The van der Waals surface area contributed by atoms with Crippen LogP contribution in [0, 0.1) is 11.3 Å². The largest absolute Gasteiger partial charge is 0.492 e. The van der Waals surface area contributed by atoms with Gasteiger partial charge in [0.25, 0.3) is 0 Å². The van der Waals surface area contributed by atoms with Crippen LogP contribution in [0.5, 0.6) is 5.75 Å². The zero-order chi connectivity index (χ0) is 31.9. The van der Waals surface area contributed by atoms with Crippen molar-refractivity contribution in [2.45, 2.75) is 26.8 Å². The minimum Gasteiger partial charge on any atom is -0.492 e. The van der Waals surface area contributed by atoms with E-state index < -0.39 is 0 Å². The van der Waals surface area contributed by atoms with Crippen molar-refractivity contribution in [3.63, 3.8) is 0 Å². The van der Waals surface area contributed by atoms with Gasteiger partial charge in [0.05, 0.1) is 71.9 Å². The van der Waals surface area contributed by atoms with E-state index in [1.165, 1.54) is 6.08 Å². The smallest absolute Gasteiger partial charge is 0.248 e. The fourth-order valence-electron chi connectivity index (χ4n) is 5.57. The van der Waals surface area contributed by atoms with Gasteiger partial charge in [0.1, 0.15) is 11.8 Å². The Balaban J connectivity index is 1.33. The molecule has 1 amide bonds. The molecular weight excluding hydrogens is 580 g/mol. The van der Waals surface area contributed by atoms with Crippen molar-refractivity contribution in [3.05, 3.63) is 90.0 Å². The molecule has 46 heavy (non-hydrogen) atoms. The number of carbonyl (C=O) groups excluding carboxylic acids is 1. The number of hydrogen-bond donors (Lipinski definition) is 2. The lowest BCUT2D eigenvalue weighted by atomic mass is 10.0. The second-order valence-electron chi connectivity index (χ2n) is 10.9. The third-order valence-electron chi connectivity index (χ3n) is 7.85. The first-order chi connectivity index (χ1) is 22.6. The molecule has 4 heterocycles. The number of aryl methyl sites for hydroxylation is 1. The number of benzene rings is 2. The summed E-state index contributed by atoms with van der Waals surface area (Å²) in [7, 11) is 0. The molecule has 11 heteroatoms. The summed E-state index contributed by atoms with van der Waals surface area (Å²) in [4.78, 5) is 24.5. The molecule has 1 fully saturated rings. The van der Waals surface area contributed by atoms with Crippen molar-refractivity contribution in [2.75, 3.05) is 50.1 Å². The van der Waals surface area contributed by atoms with Gasteiger partial charge in [-0.05, 0) is 49.7 Å². The minimum absolute atomic E-state index is 0.269. The third-order valence-corrected chi connectivity index (χ3v) is 7.85. The molecule has 5 aromatic rings. The molecule has 234 valence electrons. The highest BCUT2D eigenvalue weighted by Gasteiger charge is 2.19. The first kappa shape index (κ1) is 30.7. The Kier molecular flexibility index (Phi) is 9.48. The number of nitrogens with zero attached hydrogens (tertiary/aromatic N) is 6. The summed E-state index contributed by atoms with van der Waals surface area (Å²) in [6, 6.07) is 17.8. The number of fused-ring (bicyclic) bond motifs is 2. The molecule has 0 aliphatic carbocycles. The average molecular weight is 617 g/mol. The molecule has 1 aliphatic rings. The van der Waals surface area contributed by atoms with E-state index in [1.807, 2.05) is 79.3 Å². The van der Waals surface area contributed by atoms with Crippen molar-refractivity contribution in [1.29, 1.82) is 5.26 Å². The number of nitrogens with one attached hydrogen (secondary N) is 2. The molecular formula is C35H36N8O3. The van der Waals surface area contributed by atoms with Gasteiger partial charge in [-0.3, -0.25) is 24.3 Å². The van der Waals surface area contributed by atoms with Crippen LogP contribution < -0.4 is 15.4 Å². The summed E-state index contributed by atoms with van der Waals surface area (Å²) >= 11 is 0. The lowest BCUT2D eigenvalue weighted by molar-refractivity contribution is -0.111. The second kappa shape index (κ2) is 14.2. The van der Waals surface area contributed by atoms with E-state index >= 15 is 0 Å². The third kappa shape index (κ3) is 6.83. The van der Waals surface area contributed by atoms with Crippen molar-refractivity contribution < 1.29 is 14.3 Å². The van der Waals surface area contributed by atoms with Crippen LogP contribution in [0.1, 0.15) is 30.8 Å². The number of morpholine rings is 1. The zero-order valence-electron chi connectivity index (χ0n) is 26.0. The van der Waals surface area contributed by atoms with E-state index in [4.69, 9.17) is 14.5 Å². The number of hydrogen-bond acceptors (Lipinski definition) is 9. The van der Waals surface area contributed by atoms with E-state index in [0.29, 0.717) is 78.6 Å². The zero-order valence-corrected chi connectivity index (χ0v) is 26.0. The van der Waals surface area contributed by atoms with Crippen LogP contribution in [0.4, 0.5) is 17.1 Å². The van der Waals surface area contributed by atoms with Crippen LogP contribution in [0.3, 0.4) is 0 Å². The molecule has 1 aliphatic heterocycles. The number of aromatic nitrogens is 4. The van der Waals surface area contributed by atoms with Crippen LogP contribution in [0.15, 0.2) is 73.1 Å². The van der Waals surface area contributed by atoms with Gasteiger partial charge < -0.3 is 20.1 Å². The molecule has 0 radical (unpaired) electrons. The monoisotopic (exact) mass is 616 g/mol. The fraction of sp³-hybridized carbons (Fsp3) is 0.286. The van der Waals surface area contributed by atoms with E-state index in [2.05, 4.69) is 31.7 Å². The fourth-order valence-corrected chi connectivity index (χ4v) is 5.57. The summed E-state index contributed by atoms with van der Waals surface area (Å²) in [5.41, 5.74) is 5.59. The summed E-state index contributed by atoms with van der Waals surface area (Å²) in [6.45, 7) is 8.60. The predicted molar refractivity (Wildman–Crippen MR) is 178 cm³/mol. The molecule has 0 atom stereocenters. The van der Waals surface area contributed by atoms with Gasteiger partial charge in [-0.1, -0.05) is 19.1 Å². The van der Waals surface area contributed by atoms with Gasteiger partial charge in [-0.25, -0.2) is 0 Å². The van der Waals surface area contributed by atoms with E-state index in [1.54, 1.807) is 6.20 Å². The van der Waals surface area contributed by atoms with Crippen molar-refractivity contribution in [2.24, 2.45) is 0 Å². The van der Waals surface area contributed by atoms with Gasteiger partial charge in [0.2, 0.25) is 5.91 Å². The molecule has 0 unspecified atom stereocenters. The maximum Gasteiger partial charge on any atom is 0.248 e. The summed E-state index contributed by atoms with van der Waals surface area (Å²) in [6.07, 6.45) is 7.56. The maximum absolute atomic E-state index is 13.0. The molecule has 0 bridgehead atoms. The van der Waals surface area contributed by atoms with Crippen LogP contribution in [-0.2, 0) is 22.5 Å². The van der Waals surface area contributed by atoms with Gasteiger partial charge in [-0.2, -0.15) is 10.4 Å². The SMILES string of the molecule is CCOc1cc2nc(CC)c(C#N)c(Nc3ccc4c(cnn4Cc4ccccn4)c3)c2cc1NC(=O)/C=C/CN1CCOCC1. The molecule has 11 nitrogen and oxygen atoms in total. The number of amides is 1. The predicted octanol–water partition coefficient (Wildman–Crippen LogP) is 5.43. The highest BCUT2D eigenvalue weighted by atomic mass is 16.5. The maximum atomic E-state index is 13.0. The second-order valence-corrected chi connectivity index (χ2v) is 10.9. The van der Waals surface area contributed by atoms with Crippen LogP contribution in [0.2, 0.25) is 0 Å². The molecule has 0 spiro atoms.